The zero-order valence-corrected chi connectivity index (χ0v) is 10.6. The lowest BCUT2D eigenvalue weighted by Crippen LogP contribution is -2.35. The highest BCUT2D eigenvalue weighted by Crippen LogP contribution is 2.13. The first-order chi connectivity index (χ1) is 8.70. The molecule has 5 heteroatoms. The van der Waals surface area contributed by atoms with Gasteiger partial charge in [-0.25, -0.2) is 0 Å². The first kappa shape index (κ1) is 12.9. The van der Waals surface area contributed by atoms with Gasteiger partial charge in [0.15, 0.2) is 0 Å². The number of ether oxygens (including phenoxy) is 1. The van der Waals surface area contributed by atoms with Crippen molar-refractivity contribution >= 4 is 11.6 Å². The van der Waals surface area contributed by atoms with E-state index in [4.69, 9.17) is 10.6 Å². The summed E-state index contributed by atoms with van der Waals surface area (Å²) in [7, 11) is 0. The minimum atomic E-state index is 0.0518. The van der Waals surface area contributed by atoms with Crippen molar-refractivity contribution in [1.82, 2.24) is 4.90 Å². The van der Waals surface area contributed by atoms with Gasteiger partial charge in [0.1, 0.15) is 0 Å². The summed E-state index contributed by atoms with van der Waals surface area (Å²) in [4.78, 5) is 14.2. The van der Waals surface area contributed by atoms with E-state index in [0.717, 1.165) is 25.3 Å². The predicted octanol–water partition coefficient (Wildman–Crippen LogP) is 1.22. The van der Waals surface area contributed by atoms with Crippen molar-refractivity contribution in [3.63, 3.8) is 0 Å². The zero-order valence-electron chi connectivity index (χ0n) is 10.6. The number of hydrogen-bond donors (Lipinski definition) is 2. The van der Waals surface area contributed by atoms with E-state index >= 15 is 0 Å². The molecule has 1 fully saturated rings. The molecule has 1 saturated heterocycles. The molecule has 1 atom stereocenters. The predicted molar refractivity (Wildman–Crippen MR) is 70.2 cm³/mol. The van der Waals surface area contributed by atoms with Crippen LogP contribution in [0.1, 0.15) is 23.7 Å². The van der Waals surface area contributed by atoms with Gasteiger partial charge in [-0.05, 0) is 37.6 Å². The Morgan fingerprint density at radius 1 is 1.44 bits per heavy atom. The van der Waals surface area contributed by atoms with E-state index in [0.29, 0.717) is 12.1 Å². The fourth-order valence-electron chi connectivity index (χ4n) is 2.07. The van der Waals surface area contributed by atoms with Crippen molar-refractivity contribution in [3.8, 4) is 0 Å². The molecule has 0 aliphatic carbocycles. The van der Waals surface area contributed by atoms with E-state index in [2.05, 4.69) is 5.43 Å². The molecule has 0 radical (unpaired) electrons. The molecule has 1 aromatic carbocycles. The number of hydrazine groups is 1. The number of hydrogen-bond acceptors (Lipinski definition) is 4. The Morgan fingerprint density at radius 2 is 2.17 bits per heavy atom. The Hall–Kier alpha value is -1.59. The summed E-state index contributed by atoms with van der Waals surface area (Å²) in [6.45, 7) is 4.11. The van der Waals surface area contributed by atoms with Crippen molar-refractivity contribution in [2.75, 3.05) is 25.1 Å². The Bertz CT molecular complexity index is 405. The Balaban J connectivity index is 2.08. The second-order valence-electron chi connectivity index (χ2n) is 4.51. The molecule has 1 unspecified atom stereocenters. The lowest BCUT2D eigenvalue weighted by atomic mass is 10.1. The van der Waals surface area contributed by atoms with E-state index < -0.39 is 0 Å². The first-order valence-electron chi connectivity index (χ1n) is 6.18. The average Bonchev–Trinajstić information content (AvgIpc) is 2.63. The molecule has 0 spiro atoms. The lowest BCUT2D eigenvalue weighted by Gasteiger charge is -2.22. The molecule has 1 aliphatic rings. The Kier molecular flexibility index (Phi) is 4.17. The fraction of sp³-hybridized carbons (Fsp3) is 0.462. The van der Waals surface area contributed by atoms with Gasteiger partial charge < -0.3 is 15.1 Å². The third-order valence-electron chi connectivity index (χ3n) is 3.04. The fourth-order valence-corrected chi connectivity index (χ4v) is 2.07. The maximum atomic E-state index is 12.3. The molecule has 5 nitrogen and oxygen atoms in total. The average molecular weight is 249 g/mol. The summed E-state index contributed by atoms with van der Waals surface area (Å²) in [6.07, 6.45) is 0.986. The van der Waals surface area contributed by atoms with Crippen molar-refractivity contribution in [2.24, 2.45) is 5.84 Å². The number of nitrogens with zero attached hydrogens (tertiary/aromatic N) is 1. The number of carbonyl (C=O) groups excluding carboxylic acids is 1. The maximum absolute atomic E-state index is 12.3. The second-order valence-corrected chi connectivity index (χ2v) is 4.51. The Morgan fingerprint density at radius 3 is 2.83 bits per heavy atom. The van der Waals surface area contributed by atoms with Crippen molar-refractivity contribution in [3.05, 3.63) is 29.8 Å². The normalized spacial score (nSPS) is 20.3. The number of amides is 1. The molecule has 0 aromatic heterocycles. The highest BCUT2D eigenvalue weighted by atomic mass is 16.5. The molecule has 1 aliphatic heterocycles. The van der Waals surface area contributed by atoms with Crippen LogP contribution in [-0.4, -0.2) is 36.6 Å². The molecular weight excluding hydrogens is 230 g/mol. The van der Waals surface area contributed by atoms with Crippen LogP contribution in [0.3, 0.4) is 0 Å². The number of carbonyl (C=O) groups is 1. The highest BCUT2D eigenvalue weighted by molar-refractivity contribution is 5.94. The molecule has 1 amide bonds. The summed E-state index contributed by atoms with van der Waals surface area (Å²) in [6, 6.07) is 7.16. The van der Waals surface area contributed by atoms with E-state index in [9.17, 15) is 4.79 Å². The SMILES string of the molecule is CC1CN(C(=O)c2ccc(NN)cc2)CCCO1. The molecule has 18 heavy (non-hydrogen) atoms. The van der Waals surface area contributed by atoms with Gasteiger partial charge in [-0.3, -0.25) is 10.6 Å². The summed E-state index contributed by atoms with van der Waals surface area (Å²) in [5, 5.41) is 0. The largest absolute Gasteiger partial charge is 0.377 e. The number of anilines is 1. The quantitative estimate of drug-likeness (QED) is 0.611. The number of benzene rings is 1. The van der Waals surface area contributed by atoms with E-state index in [1.54, 1.807) is 24.3 Å². The van der Waals surface area contributed by atoms with E-state index in [1.165, 1.54) is 0 Å². The Labute approximate surface area is 107 Å². The third-order valence-corrected chi connectivity index (χ3v) is 3.04. The molecule has 98 valence electrons. The molecule has 2 rings (SSSR count). The molecule has 1 heterocycles. The second kappa shape index (κ2) is 5.84. The van der Waals surface area contributed by atoms with Crippen LogP contribution in [0, 0.1) is 0 Å². The van der Waals surface area contributed by atoms with Crippen LogP contribution < -0.4 is 11.3 Å². The summed E-state index contributed by atoms with van der Waals surface area (Å²) < 4.78 is 5.54. The summed E-state index contributed by atoms with van der Waals surface area (Å²) >= 11 is 0. The molecular formula is C13H19N3O2. The summed E-state index contributed by atoms with van der Waals surface area (Å²) in [5.74, 6) is 5.35. The van der Waals surface area contributed by atoms with Crippen LogP contribution in [0.15, 0.2) is 24.3 Å². The smallest absolute Gasteiger partial charge is 0.253 e. The van der Waals surface area contributed by atoms with Crippen LogP contribution in [0.4, 0.5) is 5.69 Å². The standard InChI is InChI=1S/C13H19N3O2/c1-10-9-16(7-2-8-18-10)13(17)11-3-5-12(15-14)6-4-11/h3-6,10,15H,2,7-9,14H2,1H3. The van der Waals surface area contributed by atoms with Crippen LogP contribution >= 0.6 is 0 Å². The molecule has 3 N–H and O–H groups in total. The van der Waals surface area contributed by atoms with Gasteiger partial charge in [0.05, 0.1) is 6.10 Å². The van der Waals surface area contributed by atoms with E-state index in [-0.39, 0.29) is 12.0 Å². The minimum Gasteiger partial charge on any atom is -0.377 e. The first-order valence-corrected chi connectivity index (χ1v) is 6.18. The topological polar surface area (TPSA) is 67.6 Å². The highest BCUT2D eigenvalue weighted by Gasteiger charge is 2.20. The van der Waals surface area contributed by atoms with Gasteiger partial charge in [0.2, 0.25) is 0 Å². The maximum Gasteiger partial charge on any atom is 0.253 e. The van der Waals surface area contributed by atoms with Gasteiger partial charge in [-0.2, -0.15) is 0 Å². The molecule has 0 bridgehead atoms. The van der Waals surface area contributed by atoms with Gasteiger partial charge in [-0.15, -0.1) is 0 Å². The van der Waals surface area contributed by atoms with Gasteiger partial charge in [-0.1, -0.05) is 0 Å². The van der Waals surface area contributed by atoms with Gasteiger partial charge >= 0.3 is 0 Å². The molecule has 0 saturated carbocycles. The van der Waals surface area contributed by atoms with Crippen molar-refractivity contribution in [2.45, 2.75) is 19.4 Å². The lowest BCUT2D eigenvalue weighted by molar-refractivity contribution is 0.0563. The van der Waals surface area contributed by atoms with Crippen LogP contribution in [0.2, 0.25) is 0 Å². The molecule has 1 aromatic rings. The van der Waals surface area contributed by atoms with Gasteiger partial charge in [0.25, 0.3) is 5.91 Å². The van der Waals surface area contributed by atoms with Crippen LogP contribution in [-0.2, 0) is 4.74 Å². The van der Waals surface area contributed by atoms with Gasteiger partial charge in [0, 0.05) is 30.9 Å². The minimum absolute atomic E-state index is 0.0518. The summed E-state index contributed by atoms with van der Waals surface area (Å²) in [5.41, 5.74) is 4.02. The number of nitrogen functional groups attached to an aromatic ring is 1. The number of nitrogens with one attached hydrogen (secondary N) is 1. The van der Waals surface area contributed by atoms with Crippen molar-refractivity contribution < 1.29 is 9.53 Å². The van der Waals surface area contributed by atoms with Crippen LogP contribution in [0.5, 0.6) is 0 Å². The number of nitrogens with two attached hydrogens (primary N) is 1. The number of rotatable bonds is 2. The monoisotopic (exact) mass is 249 g/mol. The van der Waals surface area contributed by atoms with Crippen LogP contribution in [0.25, 0.3) is 0 Å². The van der Waals surface area contributed by atoms with Crippen molar-refractivity contribution in [1.29, 1.82) is 0 Å². The van der Waals surface area contributed by atoms with E-state index in [1.807, 2.05) is 11.8 Å². The third kappa shape index (κ3) is 3.00. The zero-order chi connectivity index (χ0) is 13.0.